The van der Waals surface area contributed by atoms with E-state index in [0.29, 0.717) is 38.0 Å². The van der Waals surface area contributed by atoms with Crippen molar-refractivity contribution in [2.75, 3.05) is 18.8 Å². The Morgan fingerprint density at radius 3 is 2.44 bits per heavy atom. The molecule has 5 atom stereocenters. The fourth-order valence-electron chi connectivity index (χ4n) is 4.86. The molecule has 11 heteroatoms. The van der Waals surface area contributed by atoms with Gasteiger partial charge < -0.3 is 32.1 Å². The molecule has 2 unspecified atom stereocenters. The van der Waals surface area contributed by atoms with Crippen molar-refractivity contribution in [1.82, 2.24) is 21.3 Å². The molecule has 2 aromatic rings. The Kier molecular flexibility index (Phi) is 13.8. The van der Waals surface area contributed by atoms with Crippen LogP contribution in [0.4, 0.5) is 0 Å². The van der Waals surface area contributed by atoms with E-state index in [4.69, 9.17) is 5.73 Å². The van der Waals surface area contributed by atoms with Crippen molar-refractivity contribution in [3.8, 4) is 5.75 Å². The lowest BCUT2D eigenvalue weighted by Crippen LogP contribution is -2.53. The van der Waals surface area contributed by atoms with Crippen molar-refractivity contribution in [2.24, 2.45) is 11.7 Å². The second kappa shape index (κ2) is 17.5. The van der Waals surface area contributed by atoms with Crippen molar-refractivity contribution in [1.29, 1.82) is 0 Å². The van der Waals surface area contributed by atoms with Crippen molar-refractivity contribution < 1.29 is 24.3 Å². The molecule has 10 nitrogen and oxygen atoms in total. The monoisotopic (exact) mass is 611 g/mol. The fourth-order valence-corrected chi connectivity index (χ4v) is 6.26. The highest BCUT2D eigenvalue weighted by Gasteiger charge is 2.28. The van der Waals surface area contributed by atoms with E-state index in [1.54, 1.807) is 23.9 Å². The van der Waals surface area contributed by atoms with Crippen molar-refractivity contribution in [2.45, 2.75) is 75.7 Å². The first-order chi connectivity index (χ1) is 20.7. The summed E-state index contributed by atoms with van der Waals surface area (Å²) < 4.78 is 0. The van der Waals surface area contributed by atoms with Gasteiger partial charge in [0.2, 0.25) is 23.6 Å². The number of nitrogens with two attached hydrogens (primary N) is 1. The number of hydrogen-bond acceptors (Lipinski definition) is 7. The first-order valence-corrected chi connectivity index (χ1v) is 16.0. The molecule has 234 valence electrons. The zero-order valence-electron chi connectivity index (χ0n) is 25.0. The topological polar surface area (TPSA) is 163 Å². The van der Waals surface area contributed by atoms with Gasteiger partial charge in [-0.1, -0.05) is 62.7 Å². The summed E-state index contributed by atoms with van der Waals surface area (Å²) in [4.78, 5) is 52.2. The third-order valence-electron chi connectivity index (χ3n) is 7.59. The van der Waals surface area contributed by atoms with Crippen molar-refractivity contribution in [3.63, 3.8) is 0 Å². The summed E-state index contributed by atoms with van der Waals surface area (Å²) >= 11 is 1.55. The minimum atomic E-state index is -0.908. The van der Waals surface area contributed by atoms with Crippen LogP contribution in [0, 0.1) is 5.92 Å². The molecular formula is C32H45N5O5S. The number of hydrogen-bond donors (Lipinski definition) is 6. The third-order valence-corrected chi connectivity index (χ3v) is 9.22. The van der Waals surface area contributed by atoms with E-state index in [2.05, 4.69) is 35.1 Å². The van der Waals surface area contributed by atoms with Crippen LogP contribution >= 0.6 is 11.8 Å². The average molecular weight is 612 g/mol. The maximum Gasteiger partial charge on any atom is 0.243 e. The second-order valence-corrected chi connectivity index (χ2v) is 12.3. The fraction of sp³-hybridized carbons (Fsp3) is 0.500. The third kappa shape index (κ3) is 11.6. The summed E-state index contributed by atoms with van der Waals surface area (Å²) in [5.74, 6) is -0.528. The van der Waals surface area contributed by atoms with Crippen LogP contribution in [0.25, 0.3) is 0 Å². The molecule has 2 aromatic carbocycles. The molecule has 1 aliphatic heterocycles. The molecule has 0 aromatic heterocycles. The number of benzene rings is 2. The number of phenolic OH excluding ortho intramolecular Hbond substituents is 1. The molecule has 0 bridgehead atoms. The van der Waals surface area contributed by atoms with Crippen LogP contribution in [-0.4, -0.2) is 71.0 Å². The van der Waals surface area contributed by atoms with Crippen LogP contribution in [0.15, 0.2) is 54.6 Å². The Morgan fingerprint density at radius 1 is 1.02 bits per heavy atom. The number of carbonyl (C=O) groups excluding carboxylic acids is 4. The first-order valence-electron chi connectivity index (χ1n) is 15.0. The van der Waals surface area contributed by atoms with E-state index in [9.17, 15) is 24.3 Å². The molecule has 0 saturated carbocycles. The number of phenols is 1. The van der Waals surface area contributed by atoms with Gasteiger partial charge in [-0.25, -0.2) is 0 Å². The lowest BCUT2D eigenvalue weighted by molar-refractivity contribution is -0.131. The summed E-state index contributed by atoms with van der Waals surface area (Å²) in [5.41, 5.74) is 7.97. The summed E-state index contributed by atoms with van der Waals surface area (Å²) in [5, 5.41) is 20.7. The standard InChI is InChI=1S/C32H45N5O5S/c1-3-21(2)29-32(42)34-16-8-7-11-27(37-30(40)26(33)18-23-12-14-25(38)15-13-23)31(41)35-19-28(39)36-24(20-43-29)17-22-9-5-4-6-10-22/h4-6,9-10,12-15,21,24,26-27,29,38H,3,7-8,11,16-20,33H2,1-2H3,(H,34,42)(H,35,41)(H,36,39)(H,37,40)/t21?,24-,26-,27?,29-/m0/s1. The zero-order valence-corrected chi connectivity index (χ0v) is 25.8. The molecular weight excluding hydrogens is 566 g/mol. The van der Waals surface area contributed by atoms with Crippen LogP contribution in [0.5, 0.6) is 5.75 Å². The number of carbonyl (C=O) groups is 4. The predicted molar refractivity (Wildman–Crippen MR) is 169 cm³/mol. The van der Waals surface area contributed by atoms with E-state index in [0.717, 1.165) is 17.5 Å². The van der Waals surface area contributed by atoms with Gasteiger partial charge in [-0.15, -0.1) is 11.8 Å². The van der Waals surface area contributed by atoms with Crippen LogP contribution in [-0.2, 0) is 32.0 Å². The van der Waals surface area contributed by atoms with Crippen molar-refractivity contribution >= 4 is 35.4 Å². The van der Waals surface area contributed by atoms with E-state index < -0.39 is 23.9 Å². The summed E-state index contributed by atoms with van der Waals surface area (Å²) in [7, 11) is 0. The normalized spacial score (nSPS) is 22.4. The zero-order chi connectivity index (χ0) is 31.2. The number of thioether (sulfide) groups is 1. The molecule has 7 N–H and O–H groups in total. The summed E-state index contributed by atoms with van der Waals surface area (Å²) in [6, 6.07) is 14.2. The Balaban J connectivity index is 1.71. The predicted octanol–water partition coefficient (Wildman–Crippen LogP) is 2.04. The smallest absolute Gasteiger partial charge is 0.243 e. The molecule has 0 spiro atoms. The second-order valence-electron chi connectivity index (χ2n) is 11.1. The van der Waals surface area contributed by atoms with Crippen LogP contribution in [0.3, 0.4) is 0 Å². The Hall–Kier alpha value is -3.57. The van der Waals surface area contributed by atoms with E-state index in [1.807, 2.05) is 30.3 Å². The lowest BCUT2D eigenvalue weighted by atomic mass is 10.0. The van der Waals surface area contributed by atoms with Gasteiger partial charge in [-0.05, 0) is 61.3 Å². The molecule has 1 saturated heterocycles. The van der Waals surface area contributed by atoms with Crippen LogP contribution in [0.2, 0.25) is 0 Å². The number of rotatable bonds is 8. The first kappa shape index (κ1) is 33.9. The molecule has 3 rings (SSSR count). The van der Waals surface area contributed by atoms with Crippen LogP contribution < -0.4 is 27.0 Å². The molecule has 4 amide bonds. The van der Waals surface area contributed by atoms with Gasteiger partial charge >= 0.3 is 0 Å². The van der Waals surface area contributed by atoms with Gasteiger partial charge in [-0.3, -0.25) is 19.2 Å². The maximum absolute atomic E-state index is 13.2. The highest BCUT2D eigenvalue weighted by Crippen LogP contribution is 2.24. The van der Waals surface area contributed by atoms with Gasteiger partial charge in [-0.2, -0.15) is 0 Å². The quantitative estimate of drug-likeness (QED) is 0.266. The van der Waals surface area contributed by atoms with Gasteiger partial charge in [0, 0.05) is 18.3 Å². The SMILES string of the molecule is CCC(C)[C@@H]1SC[C@H](Cc2ccccc2)NC(=O)CNC(=O)C(NC(=O)[C@@H](N)Cc2ccc(O)cc2)CCCCNC1=O. The van der Waals surface area contributed by atoms with Gasteiger partial charge in [0.1, 0.15) is 11.8 Å². The summed E-state index contributed by atoms with van der Waals surface area (Å²) in [6.07, 6.45) is 3.18. The molecule has 43 heavy (non-hydrogen) atoms. The largest absolute Gasteiger partial charge is 0.508 e. The molecule has 1 fully saturated rings. The Labute approximate surface area is 258 Å². The molecule has 0 radical (unpaired) electrons. The van der Waals surface area contributed by atoms with Crippen molar-refractivity contribution in [3.05, 3.63) is 65.7 Å². The van der Waals surface area contributed by atoms with Gasteiger partial charge in [0.05, 0.1) is 17.8 Å². The number of amides is 4. The minimum Gasteiger partial charge on any atom is -0.508 e. The minimum absolute atomic E-state index is 0.0287. The number of aromatic hydroxyl groups is 1. The molecule has 0 aliphatic carbocycles. The van der Waals surface area contributed by atoms with E-state index in [1.165, 1.54) is 12.1 Å². The van der Waals surface area contributed by atoms with E-state index >= 15 is 0 Å². The molecule has 1 aliphatic rings. The Morgan fingerprint density at radius 2 is 1.74 bits per heavy atom. The van der Waals surface area contributed by atoms with Crippen LogP contribution in [0.1, 0.15) is 50.7 Å². The number of nitrogens with one attached hydrogen (secondary N) is 4. The average Bonchev–Trinajstić information content (AvgIpc) is 2.99. The van der Waals surface area contributed by atoms with Gasteiger partial charge in [0.25, 0.3) is 0 Å². The van der Waals surface area contributed by atoms with E-state index in [-0.39, 0.29) is 47.7 Å². The highest BCUT2D eigenvalue weighted by atomic mass is 32.2. The lowest BCUT2D eigenvalue weighted by Gasteiger charge is -2.26. The highest BCUT2D eigenvalue weighted by molar-refractivity contribution is 8.00. The summed E-state index contributed by atoms with van der Waals surface area (Å²) in [6.45, 7) is 4.35. The maximum atomic E-state index is 13.2. The molecule has 1 heterocycles. The van der Waals surface area contributed by atoms with Gasteiger partial charge in [0.15, 0.2) is 0 Å². The Bertz CT molecular complexity index is 1200.